The van der Waals surface area contributed by atoms with Gasteiger partial charge in [-0.15, -0.1) is 0 Å². The van der Waals surface area contributed by atoms with Crippen molar-refractivity contribution in [1.82, 2.24) is 10.3 Å². The Morgan fingerprint density at radius 1 is 1.56 bits per heavy atom. The number of hydrogen-bond donors (Lipinski definition) is 2. The summed E-state index contributed by atoms with van der Waals surface area (Å²) in [5, 5.41) is 1.92. The number of nitrogens with two attached hydrogens (primary N) is 1. The molecule has 1 aromatic rings. The summed E-state index contributed by atoms with van der Waals surface area (Å²) in [5.41, 5.74) is 4.80. The number of nitrogens with zero attached hydrogens (tertiary/aromatic N) is 1. The van der Waals surface area contributed by atoms with Crippen LogP contribution in [0.2, 0.25) is 0 Å². The normalized spacial score (nSPS) is 11.6. The van der Waals surface area contributed by atoms with Gasteiger partial charge in [-0.05, 0) is 35.0 Å². The first kappa shape index (κ1) is 12.4. The van der Waals surface area contributed by atoms with Crippen LogP contribution in [0.3, 0.4) is 0 Å². The molecule has 0 aromatic carbocycles. The van der Waals surface area contributed by atoms with Gasteiger partial charge in [0.05, 0.1) is 6.20 Å². The Balaban J connectivity index is 2.57. The third-order valence-corrected chi connectivity index (χ3v) is 2.10. The Labute approximate surface area is 100 Å². The SMILES string of the molecule is CC(Oc1ccc(Br)nc1)C(=O)NC(N)=O. The molecule has 1 unspecified atom stereocenters. The molecule has 16 heavy (non-hydrogen) atoms. The lowest BCUT2D eigenvalue weighted by molar-refractivity contribution is -0.126. The number of halogens is 1. The number of amides is 3. The monoisotopic (exact) mass is 287 g/mol. The van der Waals surface area contributed by atoms with Crippen LogP contribution in [-0.4, -0.2) is 23.0 Å². The molecule has 0 aliphatic carbocycles. The topological polar surface area (TPSA) is 94.3 Å². The smallest absolute Gasteiger partial charge is 0.318 e. The zero-order valence-electron chi connectivity index (χ0n) is 8.44. The van der Waals surface area contributed by atoms with E-state index in [4.69, 9.17) is 10.5 Å². The molecule has 0 saturated carbocycles. The number of urea groups is 1. The highest BCUT2D eigenvalue weighted by Crippen LogP contribution is 2.14. The Morgan fingerprint density at radius 3 is 2.75 bits per heavy atom. The molecule has 0 aliphatic heterocycles. The minimum atomic E-state index is -0.908. The lowest BCUT2D eigenvalue weighted by atomic mass is 10.3. The molecule has 0 spiro atoms. The van der Waals surface area contributed by atoms with Crippen molar-refractivity contribution in [3.8, 4) is 5.75 Å². The zero-order valence-corrected chi connectivity index (χ0v) is 10.0. The number of hydrogen-bond acceptors (Lipinski definition) is 4. The van der Waals surface area contributed by atoms with E-state index in [0.717, 1.165) is 0 Å². The maximum Gasteiger partial charge on any atom is 0.318 e. The maximum atomic E-state index is 11.3. The van der Waals surface area contributed by atoms with Crippen molar-refractivity contribution < 1.29 is 14.3 Å². The van der Waals surface area contributed by atoms with Gasteiger partial charge in [0, 0.05) is 0 Å². The second kappa shape index (κ2) is 5.45. The Bertz CT molecular complexity index is 393. The number of carbonyl (C=O) groups excluding carboxylic acids is 2. The van der Waals surface area contributed by atoms with Gasteiger partial charge in [0.2, 0.25) is 0 Å². The van der Waals surface area contributed by atoms with Gasteiger partial charge in [0.15, 0.2) is 6.10 Å². The van der Waals surface area contributed by atoms with Crippen LogP contribution >= 0.6 is 15.9 Å². The molecular weight excluding hydrogens is 278 g/mol. The van der Waals surface area contributed by atoms with E-state index in [1.807, 2.05) is 5.32 Å². The van der Waals surface area contributed by atoms with Gasteiger partial charge in [-0.2, -0.15) is 0 Å². The lowest BCUT2D eigenvalue weighted by Gasteiger charge is -2.12. The van der Waals surface area contributed by atoms with E-state index in [0.29, 0.717) is 10.4 Å². The van der Waals surface area contributed by atoms with Crippen LogP contribution in [0.1, 0.15) is 6.92 Å². The number of nitrogens with one attached hydrogen (secondary N) is 1. The molecule has 86 valence electrons. The number of primary amides is 1. The lowest BCUT2D eigenvalue weighted by Crippen LogP contribution is -2.42. The van der Waals surface area contributed by atoms with E-state index in [1.165, 1.54) is 13.1 Å². The summed E-state index contributed by atoms with van der Waals surface area (Å²) >= 11 is 3.17. The molecule has 0 saturated heterocycles. The third kappa shape index (κ3) is 3.85. The molecule has 0 aliphatic rings. The average Bonchev–Trinajstić information content (AvgIpc) is 2.20. The van der Waals surface area contributed by atoms with Gasteiger partial charge in [-0.3, -0.25) is 10.1 Å². The summed E-state index contributed by atoms with van der Waals surface area (Å²) in [5.74, 6) is -0.175. The highest BCUT2D eigenvalue weighted by molar-refractivity contribution is 9.10. The first-order valence-electron chi connectivity index (χ1n) is 4.37. The van der Waals surface area contributed by atoms with Crippen LogP contribution in [-0.2, 0) is 4.79 Å². The fourth-order valence-electron chi connectivity index (χ4n) is 0.913. The predicted molar refractivity (Wildman–Crippen MR) is 59.8 cm³/mol. The maximum absolute atomic E-state index is 11.3. The molecule has 3 N–H and O–H groups in total. The molecule has 0 radical (unpaired) electrons. The number of imide groups is 1. The quantitative estimate of drug-likeness (QED) is 0.804. The standard InChI is InChI=1S/C9H10BrN3O3/c1-5(8(14)13-9(11)15)16-6-2-3-7(10)12-4-6/h2-5H,1H3,(H3,11,13,14,15). The van der Waals surface area contributed by atoms with Crippen molar-refractivity contribution in [3.63, 3.8) is 0 Å². The van der Waals surface area contributed by atoms with Gasteiger partial charge in [-0.25, -0.2) is 9.78 Å². The van der Waals surface area contributed by atoms with Crippen molar-refractivity contribution in [2.75, 3.05) is 0 Å². The molecule has 3 amide bonds. The summed E-state index contributed by atoms with van der Waals surface area (Å²) < 4.78 is 5.89. The number of pyridine rings is 1. The molecule has 1 heterocycles. The van der Waals surface area contributed by atoms with Crippen molar-refractivity contribution in [3.05, 3.63) is 22.9 Å². The first-order valence-corrected chi connectivity index (χ1v) is 5.17. The number of carbonyl (C=O) groups is 2. The van der Waals surface area contributed by atoms with E-state index in [9.17, 15) is 9.59 Å². The highest BCUT2D eigenvalue weighted by atomic mass is 79.9. The van der Waals surface area contributed by atoms with Gasteiger partial charge in [0.1, 0.15) is 10.4 Å². The second-order valence-electron chi connectivity index (χ2n) is 2.93. The molecule has 6 nitrogen and oxygen atoms in total. The predicted octanol–water partition coefficient (Wildman–Crippen LogP) is 0.806. The van der Waals surface area contributed by atoms with E-state index < -0.39 is 18.0 Å². The van der Waals surface area contributed by atoms with E-state index in [-0.39, 0.29) is 0 Å². The molecule has 0 fully saturated rings. The van der Waals surface area contributed by atoms with Crippen LogP contribution in [0, 0.1) is 0 Å². The van der Waals surface area contributed by atoms with E-state index in [1.54, 1.807) is 12.1 Å². The third-order valence-electron chi connectivity index (χ3n) is 1.63. The molecule has 0 bridgehead atoms. The van der Waals surface area contributed by atoms with Crippen LogP contribution < -0.4 is 15.8 Å². The summed E-state index contributed by atoms with van der Waals surface area (Å²) in [6.45, 7) is 1.50. The van der Waals surface area contributed by atoms with Crippen molar-refractivity contribution in [2.24, 2.45) is 5.73 Å². The summed E-state index contributed by atoms with van der Waals surface area (Å²) in [6.07, 6.45) is 0.633. The van der Waals surface area contributed by atoms with Crippen LogP contribution in [0.25, 0.3) is 0 Å². The fraction of sp³-hybridized carbons (Fsp3) is 0.222. The minimum absolute atomic E-state index is 0.426. The fourth-order valence-corrected chi connectivity index (χ4v) is 1.15. The van der Waals surface area contributed by atoms with E-state index >= 15 is 0 Å². The van der Waals surface area contributed by atoms with Crippen LogP contribution in [0.4, 0.5) is 4.79 Å². The molecular formula is C9H10BrN3O3. The Hall–Kier alpha value is -1.63. The van der Waals surface area contributed by atoms with Crippen molar-refractivity contribution in [1.29, 1.82) is 0 Å². The molecule has 7 heteroatoms. The average molecular weight is 288 g/mol. The Kier molecular flexibility index (Phi) is 4.24. The minimum Gasteiger partial charge on any atom is -0.479 e. The number of ether oxygens (including phenoxy) is 1. The zero-order chi connectivity index (χ0) is 12.1. The molecule has 1 aromatic heterocycles. The van der Waals surface area contributed by atoms with Gasteiger partial charge < -0.3 is 10.5 Å². The first-order chi connectivity index (χ1) is 7.49. The summed E-state index contributed by atoms with van der Waals surface area (Å²) in [4.78, 5) is 25.6. The summed E-state index contributed by atoms with van der Waals surface area (Å²) in [7, 11) is 0. The summed E-state index contributed by atoms with van der Waals surface area (Å²) in [6, 6.07) is 2.41. The Morgan fingerprint density at radius 2 is 2.25 bits per heavy atom. The number of rotatable bonds is 3. The largest absolute Gasteiger partial charge is 0.479 e. The van der Waals surface area contributed by atoms with Crippen LogP contribution in [0.5, 0.6) is 5.75 Å². The van der Waals surface area contributed by atoms with Gasteiger partial charge >= 0.3 is 6.03 Å². The van der Waals surface area contributed by atoms with Crippen molar-refractivity contribution in [2.45, 2.75) is 13.0 Å². The molecule has 1 rings (SSSR count). The highest BCUT2D eigenvalue weighted by Gasteiger charge is 2.15. The van der Waals surface area contributed by atoms with Crippen molar-refractivity contribution >= 4 is 27.9 Å². The number of aromatic nitrogens is 1. The second-order valence-corrected chi connectivity index (χ2v) is 3.74. The molecule has 1 atom stereocenters. The van der Waals surface area contributed by atoms with Crippen LogP contribution in [0.15, 0.2) is 22.9 Å². The van der Waals surface area contributed by atoms with E-state index in [2.05, 4.69) is 20.9 Å². The van der Waals surface area contributed by atoms with Gasteiger partial charge in [-0.1, -0.05) is 0 Å². The van der Waals surface area contributed by atoms with Gasteiger partial charge in [0.25, 0.3) is 5.91 Å².